The Morgan fingerprint density at radius 1 is 0.967 bits per heavy atom. The van der Waals surface area contributed by atoms with E-state index in [1.54, 1.807) is 6.08 Å². The van der Waals surface area contributed by atoms with Gasteiger partial charge in [-0.15, -0.1) is 6.58 Å². The summed E-state index contributed by atoms with van der Waals surface area (Å²) in [5, 5.41) is -0.253. The molecular weight excluding hydrogens is 392 g/mol. The molecule has 1 aliphatic rings. The summed E-state index contributed by atoms with van der Waals surface area (Å²) >= 11 is 0.977. The van der Waals surface area contributed by atoms with Crippen molar-refractivity contribution < 1.29 is 9.59 Å². The van der Waals surface area contributed by atoms with Crippen LogP contribution in [0.5, 0.6) is 0 Å². The predicted octanol–water partition coefficient (Wildman–Crippen LogP) is 5.98. The molecule has 0 unspecified atom stereocenters. The molecule has 0 aliphatic carbocycles. The van der Waals surface area contributed by atoms with Crippen molar-refractivity contribution >= 4 is 29.0 Å². The number of hydrogen-bond donors (Lipinski definition) is 0. The molecule has 0 saturated carbocycles. The fraction of sp³-hybridized carbons (Fsp3) is 0.120. The molecule has 1 aliphatic heterocycles. The van der Waals surface area contributed by atoms with E-state index in [-0.39, 0.29) is 17.7 Å². The number of nitrogens with zero attached hydrogens (tertiary/aromatic N) is 2. The maximum Gasteiger partial charge on any atom is 0.293 e. The highest BCUT2D eigenvalue weighted by atomic mass is 32.2. The maximum atomic E-state index is 12.5. The van der Waals surface area contributed by atoms with Crippen molar-refractivity contribution in [1.82, 2.24) is 9.47 Å². The number of amides is 2. The Kier molecular flexibility index (Phi) is 5.46. The molecule has 2 heterocycles. The van der Waals surface area contributed by atoms with E-state index < -0.39 is 0 Å². The lowest BCUT2D eigenvalue weighted by Gasteiger charge is -2.11. The van der Waals surface area contributed by atoms with Crippen molar-refractivity contribution in [3.05, 3.63) is 95.2 Å². The summed E-state index contributed by atoms with van der Waals surface area (Å²) in [6, 6.07) is 20.7. The van der Waals surface area contributed by atoms with Gasteiger partial charge in [0.25, 0.3) is 11.1 Å². The summed E-state index contributed by atoms with van der Waals surface area (Å²) in [5.41, 5.74) is 6.43. The van der Waals surface area contributed by atoms with Gasteiger partial charge in [0.1, 0.15) is 0 Å². The van der Waals surface area contributed by atoms with Crippen LogP contribution in [0.25, 0.3) is 22.9 Å². The minimum Gasteiger partial charge on any atom is -0.318 e. The van der Waals surface area contributed by atoms with Gasteiger partial charge in [-0.2, -0.15) is 0 Å². The Balaban J connectivity index is 1.66. The van der Waals surface area contributed by atoms with E-state index in [0.717, 1.165) is 40.0 Å². The van der Waals surface area contributed by atoms with Gasteiger partial charge >= 0.3 is 0 Å². The fourth-order valence-electron chi connectivity index (χ4n) is 3.69. The van der Waals surface area contributed by atoms with E-state index in [2.05, 4.69) is 47.5 Å². The van der Waals surface area contributed by atoms with Crippen LogP contribution in [0.3, 0.4) is 0 Å². The molecule has 0 atom stereocenters. The molecular formula is C25H22N2O2S. The number of carbonyl (C=O) groups excluding carboxylic acids is 2. The fourth-order valence-corrected chi connectivity index (χ4v) is 4.53. The second-order valence-electron chi connectivity index (χ2n) is 7.16. The van der Waals surface area contributed by atoms with E-state index in [1.807, 2.05) is 44.2 Å². The SMILES string of the molecule is C=CCN1C(=O)S/C(=C/c2cc(C)n(-c3ccc(-c4ccccc4)cc3)c2C)C1=O. The molecule has 1 saturated heterocycles. The molecule has 3 aromatic rings. The normalized spacial score (nSPS) is 15.3. The van der Waals surface area contributed by atoms with Crippen LogP contribution in [0.1, 0.15) is 17.0 Å². The second kappa shape index (κ2) is 8.20. The van der Waals surface area contributed by atoms with E-state index in [4.69, 9.17) is 0 Å². The van der Waals surface area contributed by atoms with Crippen LogP contribution >= 0.6 is 11.8 Å². The summed E-state index contributed by atoms with van der Waals surface area (Å²) in [5.74, 6) is -0.262. The molecule has 0 spiro atoms. The molecule has 2 amide bonds. The van der Waals surface area contributed by atoms with Gasteiger partial charge in [0.05, 0.1) is 4.91 Å². The third-order valence-electron chi connectivity index (χ3n) is 5.17. The van der Waals surface area contributed by atoms with E-state index in [0.29, 0.717) is 4.91 Å². The lowest BCUT2D eigenvalue weighted by molar-refractivity contribution is -0.122. The van der Waals surface area contributed by atoms with Gasteiger partial charge in [-0.1, -0.05) is 48.5 Å². The zero-order chi connectivity index (χ0) is 21.3. The van der Waals surface area contributed by atoms with Crippen LogP contribution in [-0.4, -0.2) is 27.2 Å². The van der Waals surface area contributed by atoms with E-state index in [9.17, 15) is 9.59 Å². The van der Waals surface area contributed by atoms with Gasteiger partial charge in [-0.25, -0.2) is 0 Å². The summed E-state index contributed by atoms with van der Waals surface area (Å²) in [4.78, 5) is 26.3. The molecule has 0 radical (unpaired) electrons. The van der Waals surface area contributed by atoms with Crippen molar-refractivity contribution in [2.24, 2.45) is 0 Å². The zero-order valence-corrected chi connectivity index (χ0v) is 17.8. The van der Waals surface area contributed by atoms with Crippen molar-refractivity contribution in [3.8, 4) is 16.8 Å². The molecule has 0 N–H and O–H groups in total. The Hall–Kier alpha value is -3.31. The molecule has 30 heavy (non-hydrogen) atoms. The van der Waals surface area contributed by atoms with Crippen LogP contribution in [0, 0.1) is 13.8 Å². The average Bonchev–Trinajstić information content (AvgIpc) is 3.18. The Bertz CT molecular complexity index is 1160. The van der Waals surface area contributed by atoms with Crippen molar-refractivity contribution in [2.45, 2.75) is 13.8 Å². The smallest absolute Gasteiger partial charge is 0.293 e. The number of aromatic nitrogens is 1. The van der Waals surface area contributed by atoms with Gasteiger partial charge < -0.3 is 4.57 Å². The van der Waals surface area contributed by atoms with E-state index >= 15 is 0 Å². The third kappa shape index (κ3) is 3.64. The van der Waals surface area contributed by atoms with Gasteiger partial charge in [-0.05, 0) is 66.6 Å². The third-order valence-corrected chi connectivity index (χ3v) is 6.08. The summed E-state index contributed by atoms with van der Waals surface area (Å²) in [7, 11) is 0. The van der Waals surface area contributed by atoms with Crippen molar-refractivity contribution in [3.63, 3.8) is 0 Å². The number of hydrogen-bond acceptors (Lipinski definition) is 3. The monoisotopic (exact) mass is 414 g/mol. The Labute approximate surface area is 180 Å². The highest BCUT2D eigenvalue weighted by Gasteiger charge is 2.34. The summed E-state index contributed by atoms with van der Waals surface area (Å²) in [6.45, 7) is 7.91. The Morgan fingerprint density at radius 3 is 2.30 bits per heavy atom. The first-order chi connectivity index (χ1) is 14.5. The molecule has 5 heteroatoms. The predicted molar refractivity (Wildman–Crippen MR) is 124 cm³/mol. The second-order valence-corrected chi connectivity index (χ2v) is 8.15. The number of aryl methyl sites for hydroxylation is 1. The largest absolute Gasteiger partial charge is 0.318 e. The van der Waals surface area contributed by atoms with Gasteiger partial charge in [0, 0.05) is 23.6 Å². The molecule has 1 fully saturated rings. The molecule has 1 aromatic heterocycles. The number of rotatable bonds is 5. The maximum absolute atomic E-state index is 12.5. The zero-order valence-electron chi connectivity index (χ0n) is 17.0. The van der Waals surface area contributed by atoms with Gasteiger partial charge in [-0.3, -0.25) is 14.5 Å². The Morgan fingerprint density at radius 2 is 1.63 bits per heavy atom. The van der Waals surface area contributed by atoms with Crippen molar-refractivity contribution in [1.29, 1.82) is 0 Å². The minimum atomic E-state index is -0.262. The molecule has 0 bridgehead atoms. The summed E-state index contributed by atoms with van der Waals surface area (Å²) in [6.07, 6.45) is 3.37. The highest BCUT2D eigenvalue weighted by molar-refractivity contribution is 8.18. The van der Waals surface area contributed by atoms with Crippen LogP contribution in [0.15, 0.2) is 78.2 Å². The number of imide groups is 1. The first kappa shape index (κ1) is 20.0. The first-order valence-electron chi connectivity index (χ1n) is 9.70. The van der Waals surface area contributed by atoms with Gasteiger partial charge in [0.2, 0.25) is 0 Å². The van der Waals surface area contributed by atoms with Gasteiger partial charge in [0.15, 0.2) is 0 Å². The van der Waals surface area contributed by atoms with Crippen LogP contribution in [0.2, 0.25) is 0 Å². The van der Waals surface area contributed by atoms with E-state index in [1.165, 1.54) is 10.5 Å². The average molecular weight is 415 g/mol. The lowest BCUT2D eigenvalue weighted by Crippen LogP contribution is -2.27. The topological polar surface area (TPSA) is 42.3 Å². The quantitative estimate of drug-likeness (QED) is 0.381. The van der Waals surface area contributed by atoms with Crippen molar-refractivity contribution in [2.75, 3.05) is 6.54 Å². The standard InChI is InChI=1S/C25H22N2O2S/c1-4-14-26-24(28)23(30-25(26)29)16-21-15-17(2)27(18(21)3)22-12-10-20(11-13-22)19-8-6-5-7-9-19/h4-13,15-16H,1,14H2,2-3H3/b23-16+. The molecule has 2 aromatic carbocycles. The van der Waals surface area contributed by atoms with Crippen LogP contribution in [0.4, 0.5) is 4.79 Å². The number of benzene rings is 2. The van der Waals surface area contributed by atoms with Crippen LogP contribution < -0.4 is 0 Å². The highest BCUT2D eigenvalue weighted by Crippen LogP contribution is 2.33. The minimum absolute atomic E-state index is 0.231. The number of carbonyl (C=O) groups is 2. The lowest BCUT2D eigenvalue weighted by atomic mass is 10.1. The molecule has 4 rings (SSSR count). The molecule has 150 valence electrons. The molecule has 4 nitrogen and oxygen atoms in total. The first-order valence-corrected chi connectivity index (χ1v) is 10.5. The van der Waals surface area contributed by atoms with Crippen LogP contribution in [-0.2, 0) is 4.79 Å². The number of thioether (sulfide) groups is 1. The summed E-state index contributed by atoms with van der Waals surface area (Å²) < 4.78 is 2.16.